The Morgan fingerprint density at radius 2 is 2.10 bits per heavy atom. The first kappa shape index (κ1) is 15.2. The van der Waals surface area contributed by atoms with Gasteiger partial charge in [-0.3, -0.25) is 0 Å². The van der Waals surface area contributed by atoms with Crippen LogP contribution in [0, 0.1) is 12.8 Å². The van der Waals surface area contributed by atoms with Crippen LogP contribution < -0.4 is 5.73 Å². The van der Waals surface area contributed by atoms with Crippen LogP contribution in [0.5, 0.6) is 0 Å². The maximum atomic E-state index is 6.07. The summed E-state index contributed by atoms with van der Waals surface area (Å²) in [5, 5.41) is 4.05. The molecule has 0 aliphatic rings. The Morgan fingerprint density at radius 3 is 2.75 bits per heavy atom. The fourth-order valence-corrected chi connectivity index (χ4v) is 2.71. The van der Waals surface area contributed by atoms with Gasteiger partial charge in [-0.25, -0.2) is 0 Å². The zero-order valence-electron chi connectivity index (χ0n) is 12.1. The topological polar surface area (TPSA) is 64.9 Å². The van der Waals surface area contributed by atoms with Crippen LogP contribution in [-0.2, 0) is 6.42 Å². The molecule has 108 valence electrons. The lowest BCUT2D eigenvalue weighted by Crippen LogP contribution is -2.24. The van der Waals surface area contributed by atoms with Gasteiger partial charge in [0.05, 0.1) is 0 Å². The highest BCUT2D eigenvalue weighted by Gasteiger charge is 2.14. The van der Waals surface area contributed by atoms with E-state index in [0.29, 0.717) is 24.1 Å². The molecule has 1 atom stereocenters. The van der Waals surface area contributed by atoms with Gasteiger partial charge in [-0.1, -0.05) is 34.9 Å². The van der Waals surface area contributed by atoms with Crippen LogP contribution in [0.3, 0.4) is 0 Å². The summed E-state index contributed by atoms with van der Waals surface area (Å²) in [6.45, 7) is 6.34. The molecule has 2 N–H and O–H groups in total. The molecule has 0 spiro atoms. The van der Waals surface area contributed by atoms with Gasteiger partial charge in [0.25, 0.3) is 0 Å². The number of nitrogens with zero attached hydrogens (tertiary/aromatic N) is 2. The van der Waals surface area contributed by atoms with Crippen molar-refractivity contribution < 1.29 is 4.52 Å². The fourth-order valence-electron chi connectivity index (χ4n) is 2.24. The van der Waals surface area contributed by atoms with Crippen molar-refractivity contribution in [2.24, 2.45) is 11.7 Å². The molecule has 0 saturated carbocycles. The molecule has 0 aliphatic carbocycles. The summed E-state index contributed by atoms with van der Waals surface area (Å²) in [7, 11) is 0. The number of hydrogen-bond acceptors (Lipinski definition) is 4. The van der Waals surface area contributed by atoms with Crippen molar-refractivity contribution >= 4 is 15.9 Å². The fraction of sp³-hybridized carbons (Fsp3) is 0.467. The summed E-state index contributed by atoms with van der Waals surface area (Å²) in [6, 6.07) is 6.07. The predicted octanol–water partition coefficient (Wildman–Crippen LogP) is 3.72. The molecule has 4 nitrogen and oxygen atoms in total. The SMILES string of the molecule is Cc1cc(Br)ccc1-c1noc(CC(N)CC(C)C)n1. The summed E-state index contributed by atoms with van der Waals surface area (Å²) in [4.78, 5) is 4.45. The molecule has 2 aromatic rings. The van der Waals surface area contributed by atoms with E-state index in [9.17, 15) is 0 Å². The summed E-state index contributed by atoms with van der Waals surface area (Å²) >= 11 is 3.45. The van der Waals surface area contributed by atoms with E-state index in [4.69, 9.17) is 10.3 Å². The first-order valence-corrected chi connectivity index (χ1v) is 7.59. The average molecular weight is 338 g/mol. The summed E-state index contributed by atoms with van der Waals surface area (Å²) in [5.41, 5.74) is 8.17. The highest BCUT2D eigenvalue weighted by Crippen LogP contribution is 2.24. The van der Waals surface area contributed by atoms with Crippen LogP contribution in [-0.4, -0.2) is 16.2 Å². The molecule has 1 heterocycles. The molecule has 0 aliphatic heterocycles. The Bertz CT molecular complexity index is 580. The van der Waals surface area contributed by atoms with Gasteiger partial charge in [0.1, 0.15) is 0 Å². The number of aromatic nitrogens is 2. The second-order valence-corrected chi connectivity index (χ2v) is 6.48. The standard InChI is InChI=1S/C15H20BrN3O/c1-9(2)6-12(17)8-14-18-15(19-20-14)13-5-4-11(16)7-10(13)3/h4-5,7,9,12H,6,8,17H2,1-3H3. The summed E-state index contributed by atoms with van der Waals surface area (Å²) < 4.78 is 6.35. The molecule has 0 amide bonds. The van der Waals surface area contributed by atoms with Gasteiger partial charge >= 0.3 is 0 Å². The molecule has 2 rings (SSSR count). The van der Waals surface area contributed by atoms with E-state index in [1.807, 2.05) is 25.1 Å². The van der Waals surface area contributed by atoms with Gasteiger partial charge in [0.15, 0.2) is 0 Å². The molecule has 0 radical (unpaired) electrons. The van der Waals surface area contributed by atoms with Gasteiger partial charge in [-0.2, -0.15) is 4.98 Å². The third-order valence-electron chi connectivity index (χ3n) is 3.11. The van der Waals surface area contributed by atoms with E-state index in [2.05, 4.69) is 39.9 Å². The van der Waals surface area contributed by atoms with Gasteiger partial charge in [-0.05, 0) is 43.0 Å². The molecule has 0 saturated heterocycles. The molecule has 1 aromatic carbocycles. The third kappa shape index (κ3) is 3.90. The van der Waals surface area contributed by atoms with Gasteiger partial charge in [-0.15, -0.1) is 0 Å². The smallest absolute Gasteiger partial charge is 0.228 e. The van der Waals surface area contributed by atoms with Crippen LogP contribution in [0.15, 0.2) is 27.2 Å². The minimum absolute atomic E-state index is 0.0642. The Kier molecular flexibility index (Phi) is 4.94. The molecule has 20 heavy (non-hydrogen) atoms. The predicted molar refractivity (Wildman–Crippen MR) is 83.3 cm³/mol. The molecule has 5 heteroatoms. The van der Waals surface area contributed by atoms with Crippen LogP contribution in [0.1, 0.15) is 31.7 Å². The highest BCUT2D eigenvalue weighted by molar-refractivity contribution is 9.10. The Balaban J connectivity index is 2.12. The maximum absolute atomic E-state index is 6.07. The monoisotopic (exact) mass is 337 g/mol. The van der Waals surface area contributed by atoms with Crippen molar-refractivity contribution in [3.05, 3.63) is 34.1 Å². The van der Waals surface area contributed by atoms with Gasteiger partial charge < -0.3 is 10.3 Å². The number of benzene rings is 1. The zero-order chi connectivity index (χ0) is 14.7. The van der Waals surface area contributed by atoms with E-state index in [0.717, 1.165) is 22.0 Å². The van der Waals surface area contributed by atoms with Crippen molar-refractivity contribution in [2.45, 2.75) is 39.7 Å². The van der Waals surface area contributed by atoms with E-state index in [1.165, 1.54) is 0 Å². The third-order valence-corrected chi connectivity index (χ3v) is 3.60. The minimum Gasteiger partial charge on any atom is -0.339 e. The summed E-state index contributed by atoms with van der Waals surface area (Å²) in [6.07, 6.45) is 1.58. The molecular formula is C15H20BrN3O. The van der Waals surface area contributed by atoms with Crippen LogP contribution in [0.25, 0.3) is 11.4 Å². The molecule has 0 bridgehead atoms. The van der Waals surface area contributed by atoms with E-state index in [-0.39, 0.29) is 6.04 Å². The van der Waals surface area contributed by atoms with E-state index >= 15 is 0 Å². The largest absolute Gasteiger partial charge is 0.339 e. The second-order valence-electron chi connectivity index (χ2n) is 5.56. The van der Waals surface area contributed by atoms with Gasteiger partial charge in [0.2, 0.25) is 11.7 Å². The quantitative estimate of drug-likeness (QED) is 0.902. The van der Waals surface area contributed by atoms with Gasteiger partial charge in [0, 0.05) is 22.5 Å². The van der Waals surface area contributed by atoms with Crippen molar-refractivity contribution in [1.82, 2.24) is 10.1 Å². The average Bonchev–Trinajstić information content (AvgIpc) is 2.75. The first-order valence-electron chi connectivity index (χ1n) is 6.80. The van der Waals surface area contributed by atoms with Crippen LogP contribution in [0.2, 0.25) is 0 Å². The lowest BCUT2D eigenvalue weighted by Gasteiger charge is -2.10. The Labute approximate surface area is 127 Å². The number of aryl methyl sites for hydroxylation is 1. The maximum Gasteiger partial charge on any atom is 0.228 e. The highest BCUT2D eigenvalue weighted by atomic mass is 79.9. The zero-order valence-corrected chi connectivity index (χ0v) is 13.6. The molecule has 1 aromatic heterocycles. The van der Waals surface area contributed by atoms with Crippen molar-refractivity contribution in [1.29, 1.82) is 0 Å². The minimum atomic E-state index is 0.0642. The number of rotatable bonds is 5. The first-order chi connectivity index (χ1) is 9.45. The molecular weight excluding hydrogens is 318 g/mol. The van der Waals surface area contributed by atoms with Crippen molar-refractivity contribution in [3.63, 3.8) is 0 Å². The van der Waals surface area contributed by atoms with Crippen molar-refractivity contribution in [2.75, 3.05) is 0 Å². The molecule has 0 fully saturated rings. The second kappa shape index (κ2) is 6.50. The Hall–Kier alpha value is -1.20. The van der Waals surface area contributed by atoms with E-state index < -0.39 is 0 Å². The number of halogens is 1. The van der Waals surface area contributed by atoms with E-state index in [1.54, 1.807) is 0 Å². The van der Waals surface area contributed by atoms with Crippen molar-refractivity contribution in [3.8, 4) is 11.4 Å². The normalized spacial score (nSPS) is 12.9. The number of hydrogen-bond donors (Lipinski definition) is 1. The van der Waals surface area contributed by atoms with Crippen LogP contribution in [0.4, 0.5) is 0 Å². The lowest BCUT2D eigenvalue weighted by atomic mass is 10.0. The molecule has 1 unspecified atom stereocenters. The van der Waals surface area contributed by atoms with Crippen LogP contribution >= 0.6 is 15.9 Å². The number of nitrogens with two attached hydrogens (primary N) is 1. The Morgan fingerprint density at radius 1 is 1.35 bits per heavy atom. The lowest BCUT2D eigenvalue weighted by molar-refractivity contribution is 0.359. The summed E-state index contributed by atoms with van der Waals surface area (Å²) in [5.74, 6) is 1.80.